The van der Waals surface area contributed by atoms with E-state index in [1.807, 2.05) is 59.6 Å². The highest BCUT2D eigenvalue weighted by Gasteiger charge is 2.20. The number of halogens is 1. The summed E-state index contributed by atoms with van der Waals surface area (Å²) in [6.07, 6.45) is -0.462. The summed E-state index contributed by atoms with van der Waals surface area (Å²) in [4.78, 5) is 26.3. The number of aryl methyl sites for hydroxylation is 1. The number of alkyl carbamates (subject to hydrolysis) is 1. The van der Waals surface area contributed by atoms with E-state index < -0.39 is 17.3 Å². The number of hydrogen-bond donors (Lipinski definition) is 2. The van der Waals surface area contributed by atoms with Crippen LogP contribution in [0.2, 0.25) is 0 Å². The molecule has 0 saturated heterocycles. The van der Waals surface area contributed by atoms with E-state index in [2.05, 4.69) is 10.6 Å². The molecule has 36 heavy (non-hydrogen) atoms. The third kappa shape index (κ3) is 10.2. The Kier molecular flexibility index (Phi) is 9.87. The summed E-state index contributed by atoms with van der Waals surface area (Å²) in [5.41, 5.74) is 1.49. The van der Waals surface area contributed by atoms with Crippen LogP contribution in [-0.2, 0) is 9.47 Å². The second-order valence-corrected chi connectivity index (χ2v) is 11.0. The number of anilines is 1. The van der Waals surface area contributed by atoms with E-state index >= 15 is 0 Å². The number of carbonyl (C=O) groups excluding carboxylic acids is 2. The molecule has 2 aromatic rings. The first-order valence-electron chi connectivity index (χ1n) is 12.1. The Morgan fingerprint density at radius 1 is 0.972 bits per heavy atom. The van der Waals surface area contributed by atoms with E-state index in [0.29, 0.717) is 30.8 Å². The molecule has 7 nitrogen and oxygen atoms in total. The molecule has 0 spiro atoms. The molecular weight excluding hydrogens is 461 g/mol. The summed E-state index contributed by atoms with van der Waals surface area (Å²) in [6, 6.07) is 12.0. The molecule has 1 unspecified atom stereocenters. The number of esters is 1. The lowest BCUT2D eigenvalue weighted by Gasteiger charge is -2.27. The number of benzene rings is 2. The number of carbonyl (C=O) groups is 2. The summed E-state index contributed by atoms with van der Waals surface area (Å²) < 4.78 is 25.1. The number of likely N-dealkylation sites (N-methyl/N-ethyl adjacent to an activating group) is 1. The Hall–Kier alpha value is -3.13. The lowest BCUT2D eigenvalue weighted by molar-refractivity contribution is 0.00692. The Morgan fingerprint density at radius 3 is 2.14 bits per heavy atom. The van der Waals surface area contributed by atoms with Crippen molar-refractivity contribution in [2.75, 3.05) is 32.0 Å². The SMILES string of the molecule is Cc1ccc(C(CN(C)CCNC(=O)OC(C)(C)C)Nc2ccc(C(=O)OC(C)(C)C)cc2)cc1F. The minimum Gasteiger partial charge on any atom is -0.456 e. The average Bonchev–Trinajstić information content (AvgIpc) is 2.73. The molecule has 0 radical (unpaired) electrons. The molecule has 2 rings (SSSR count). The molecule has 0 bridgehead atoms. The van der Waals surface area contributed by atoms with Crippen LogP contribution < -0.4 is 10.6 Å². The van der Waals surface area contributed by atoms with Crippen LogP contribution in [0.15, 0.2) is 42.5 Å². The second kappa shape index (κ2) is 12.2. The van der Waals surface area contributed by atoms with Gasteiger partial charge in [0.1, 0.15) is 17.0 Å². The molecule has 0 aliphatic heterocycles. The maximum atomic E-state index is 14.4. The van der Waals surface area contributed by atoms with Crippen molar-refractivity contribution in [1.82, 2.24) is 10.2 Å². The first-order chi connectivity index (χ1) is 16.6. The van der Waals surface area contributed by atoms with Gasteiger partial charge in [-0.25, -0.2) is 14.0 Å². The number of hydrogen-bond acceptors (Lipinski definition) is 6. The quantitative estimate of drug-likeness (QED) is 0.429. The van der Waals surface area contributed by atoms with Crippen molar-refractivity contribution in [3.8, 4) is 0 Å². The number of rotatable bonds is 9. The van der Waals surface area contributed by atoms with E-state index in [1.165, 1.54) is 6.07 Å². The third-order valence-corrected chi connectivity index (χ3v) is 5.11. The summed E-state index contributed by atoms with van der Waals surface area (Å²) in [6.45, 7) is 14.2. The average molecular weight is 502 g/mol. The zero-order chi connectivity index (χ0) is 27.1. The summed E-state index contributed by atoms with van der Waals surface area (Å²) in [7, 11) is 1.93. The zero-order valence-electron chi connectivity index (χ0n) is 22.7. The fourth-order valence-electron chi connectivity index (χ4n) is 3.37. The van der Waals surface area contributed by atoms with E-state index in [4.69, 9.17) is 9.47 Å². The van der Waals surface area contributed by atoms with Crippen LogP contribution >= 0.6 is 0 Å². The Balaban J connectivity index is 2.09. The maximum absolute atomic E-state index is 14.4. The second-order valence-electron chi connectivity index (χ2n) is 11.0. The minimum atomic E-state index is -0.572. The smallest absolute Gasteiger partial charge is 0.407 e. The molecule has 0 aliphatic carbocycles. The van der Waals surface area contributed by atoms with E-state index in [0.717, 1.165) is 11.3 Å². The molecule has 0 fully saturated rings. The Labute approximate surface area is 214 Å². The highest BCUT2D eigenvalue weighted by Crippen LogP contribution is 2.23. The van der Waals surface area contributed by atoms with Gasteiger partial charge in [-0.1, -0.05) is 12.1 Å². The fourth-order valence-corrected chi connectivity index (χ4v) is 3.37. The highest BCUT2D eigenvalue weighted by molar-refractivity contribution is 5.90. The molecule has 1 amide bonds. The fraction of sp³-hybridized carbons (Fsp3) is 0.500. The van der Waals surface area contributed by atoms with Gasteiger partial charge in [-0.05, 0) is 97.0 Å². The van der Waals surface area contributed by atoms with Crippen LogP contribution in [0, 0.1) is 12.7 Å². The van der Waals surface area contributed by atoms with E-state index in [9.17, 15) is 14.0 Å². The Bertz CT molecular complexity index is 1030. The summed E-state index contributed by atoms with van der Waals surface area (Å²) >= 11 is 0. The van der Waals surface area contributed by atoms with Crippen LogP contribution in [0.4, 0.5) is 14.9 Å². The van der Waals surface area contributed by atoms with Crippen molar-refractivity contribution in [2.24, 2.45) is 0 Å². The lowest BCUT2D eigenvalue weighted by atomic mass is 10.0. The van der Waals surface area contributed by atoms with Gasteiger partial charge in [0.25, 0.3) is 0 Å². The molecule has 0 aliphatic rings. The van der Waals surface area contributed by atoms with Gasteiger partial charge in [-0.3, -0.25) is 0 Å². The van der Waals surface area contributed by atoms with Gasteiger partial charge in [0.05, 0.1) is 11.6 Å². The molecule has 0 aromatic heterocycles. The highest BCUT2D eigenvalue weighted by atomic mass is 19.1. The molecule has 8 heteroatoms. The van der Waals surface area contributed by atoms with Gasteiger partial charge in [0.15, 0.2) is 0 Å². The number of nitrogens with one attached hydrogen (secondary N) is 2. The molecule has 0 saturated carbocycles. The van der Waals surface area contributed by atoms with Crippen molar-refractivity contribution in [3.63, 3.8) is 0 Å². The lowest BCUT2D eigenvalue weighted by Crippen LogP contribution is -2.38. The third-order valence-electron chi connectivity index (χ3n) is 5.11. The van der Waals surface area contributed by atoms with Gasteiger partial charge in [-0.2, -0.15) is 0 Å². The molecule has 2 N–H and O–H groups in total. The van der Waals surface area contributed by atoms with Gasteiger partial charge in [0.2, 0.25) is 0 Å². The normalized spacial score (nSPS) is 12.7. The van der Waals surface area contributed by atoms with Crippen molar-refractivity contribution in [2.45, 2.75) is 65.7 Å². The van der Waals surface area contributed by atoms with Crippen molar-refractivity contribution < 1.29 is 23.5 Å². The maximum Gasteiger partial charge on any atom is 0.407 e. The van der Waals surface area contributed by atoms with Crippen molar-refractivity contribution in [3.05, 3.63) is 65.0 Å². The van der Waals surface area contributed by atoms with Crippen LogP contribution in [-0.4, -0.2) is 54.8 Å². The zero-order valence-corrected chi connectivity index (χ0v) is 22.7. The molecule has 198 valence electrons. The number of ether oxygens (including phenoxy) is 2. The van der Waals surface area contributed by atoms with Gasteiger partial charge < -0.3 is 25.0 Å². The summed E-state index contributed by atoms with van der Waals surface area (Å²) in [5.74, 6) is -0.655. The Morgan fingerprint density at radius 2 is 1.58 bits per heavy atom. The largest absolute Gasteiger partial charge is 0.456 e. The first kappa shape index (κ1) is 29.1. The predicted octanol–water partition coefficient (Wildman–Crippen LogP) is 5.70. The standard InChI is InChI=1S/C28H40FN3O4/c1-19-9-10-21(17-23(19)29)24(18-32(8)16-15-30-26(34)36-28(5,6)7)31-22-13-11-20(12-14-22)25(33)35-27(2,3)4/h9-14,17,24,31H,15-16,18H2,1-8H3,(H,30,34). The molecule has 2 aromatic carbocycles. The van der Waals surface area contributed by atoms with Crippen molar-refractivity contribution >= 4 is 17.7 Å². The van der Waals surface area contributed by atoms with Gasteiger partial charge in [-0.15, -0.1) is 0 Å². The summed E-state index contributed by atoms with van der Waals surface area (Å²) in [5, 5.41) is 6.20. The van der Waals surface area contributed by atoms with Gasteiger partial charge >= 0.3 is 12.1 Å². The monoisotopic (exact) mass is 501 g/mol. The molecular formula is C28H40FN3O4. The van der Waals surface area contributed by atoms with Crippen LogP contribution in [0.5, 0.6) is 0 Å². The van der Waals surface area contributed by atoms with E-state index in [1.54, 1.807) is 37.3 Å². The van der Waals surface area contributed by atoms with Crippen molar-refractivity contribution in [1.29, 1.82) is 0 Å². The number of amides is 1. The predicted molar refractivity (Wildman–Crippen MR) is 141 cm³/mol. The van der Waals surface area contributed by atoms with Crippen LogP contribution in [0.1, 0.15) is 69.1 Å². The van der Waals surface area contributed by atoms with E-state index in [-0.39, 0.29) is 17.8 Å². The van der Waals surface area contributed by atoms with Gasteiger partial charge in [0, 0.05) is 25.3 Å². The molecule has 0 heterocycles. The first-order valence-corrected chi connectivity index (χ1v) is 12.1. The topological polar surface area (TPSA) is 79.9 Å². The minimum absolute atomic E-state index is 0.237. The molecule has 1 atom stereocenters. The van der Waals surface area contributed by atoms with Crippen LogP contribution in [0.3, 0.4) is 0 Å². The van der Waals surface area contributed by atoms with Crippen LogP contribution in [0.25, 0.3) is 0 Å². The number of nitrogens with zero attached hydrogens (tertiary/aromatic N) is 1.